The maximum absolute atomic E-state index is 12.6. The average Bonchev–Trinajstić information content (AvgIpc) is 2.91. The predicted molar refractivity (Wildman–Crippen MR) is 95.3 cm³/mol. The topological polar surface area (TPSA) is 85.3 Å². The van der Waals surface area contributed by atoms with Gasteiger partial charge in [0.15, 0.2) is 5.76 Å². The van der Waals surface area contributed by atoms with Gasteiger partial charge in [0.1, 0.15) is 5.58 Å². The molecule has 5 nitrogen and oxygen atoms in total. The van der Waals surface area contributed by atoms with Crippen molar-refractivity contribution in [2.75, 3.05) is 11.1 Å². The molecule has 3 aromatic rings. The predicted octanol–water partition coefficient (Wildman–Crippen LogP) is 3.57. The monoisotopic (exact) mass is 340 g/mol. The number of hydrogen-bond donors (Lipinski definition) is 2. The number of fused-ring (bicyclic) bond motifs is 1. The minimum Gasteiger partial charge on any atom is -0.451 e. The highest BCUT2D eigenvalue weighted by atomic mass is 32.2. The summed E-state index contributed by atoms with van der Waals surface area (Å²) < 4.78 is 5.68. The van der Waals surface area contributed by atoms with E-state index in [4.69, 9.17) is 10.2 Å². The Balaban J connectivity index is 1.86. The summed E-state index contributed by atoms with van der Waals surface area (Å²) in [4.78, 5) is 24.3. The van der Waals surface area contributed by atoms with Crippen LogP contribution in [-0.4, -0.2) is 17.6 Å². The number of aryl methyl sites for hydroxylation is 1. The average molecular weight is 340 g/mol. The zero-order valence-corrected chi connectivity index (χ0v) is 13.9. The number of rotatable bonds is 5. The fourth-order valence-electron chi connectivity index (χ4n) is 2.41. The fraction of sp³-hybridized carbons (Fsp3) is 0.111. The third-order valence-electron chi connectivity index (χ3n) is 3.56. The minimum atomic E-state index is -0.408. The smallest absolute Gasteiger partial charge is 0.291 e. The van der Waals surface area contributed by atoms with Crippen molar-refractivity contribution < 1.29 is 14.0 Å². The summed E-state index contributed by atoms with van der Waals surface area (Å²) >= 11 is 1.28. The Bertz CT molecular complexity index is 918. The molecule has 6 heteroatoms. The van der Waals surface area contributed by atoms with Crippen LogP contribution in [-0.2, 0) is 4.79 Å². The molecule has 0 aliphatic rings. The van der Waals surface area contributed by atoms with Gasteiger partial charge >= 0.3 is 0 Å². The molecule has 0 radical (unpaired) electrons. The molecular formula is C18H16N2O3S. The number of anilines is 1. The van der Waals surface area contributed by atoms with Crippen LogP contribution in [0.2, 0.25) is 0 Å². The highest BCUT2D eigenvalue weighted by molar-refractivity contribution is 8.00. The molecule has 0 aliphatic heterocycles. The SMILES string of the molecule is Cc1c(C(=O)Nc2ccccc2SCC(N)=O)oc2ccccc12. The van der Waals surface area contributed by atoms with Gasteiger partial charge in [-0.05, 0) is 25.1 Å². The number of amides is 2. The second kappa shape index (κ2) is 6.80. The summed E-state index contributed by atoms with van der Waals surface area (Å²) in [6.45, 7) is 1.86. The van der Waals surface area contributed by atoms with E-state index in [0.717, 1.165) is 15.8 Å². The van der Waals surface area contributed by atoms with Crippen molar-refractivity contribution in [3.63, 3.8) is 0 Å². The first kappa shape index (κ1) is 16.1. The van der Waals surface area contributed by atoms with E-state index >= 15 is 0 Å². The number of thioether (sulfide) groups is 1. The number of nitrogens with two attached hydrogens (primary N) is 1. The lowest BCUT2D eigenvalue weighted by Crippen LogP contribution is -2.14. The molecule has 0 saturated heterocycles. The first-order valence-electron chi connectivity index (χ1n) is 7.36. The Morgan fingerprint density at radius 1 is 1.12 bits per heavy atom. The standard InChI is InChI=1S/C18H16N2O3S/c1-11-12-6-2-4-8-14(12)23-17(11)18(22)20-13-7-3-5-9-15(13)24-10-16(19)21/h2-9H,10H2,1H3,(H2,19,21)(H,20,22). The maximum Gasteiger partial charge on any atom is 0.291 e. The van der Waals surface area contributed by atoms with Crippen LogP contribution in [0, 0.1) is 6.92 Å². The van der Waals surface area contributed by atoms with E-state index in [1.165, 1.54) is 11.8 Å². The van der Waals surface area contributed by atoms with Crippen LogP contribution >= 0.6 is 11.8 Å². The summed E-state index contributed by atoms with van der Waals surface area (Å²) in [5.74, 6) is -0.299. The van der Waals surface area contributed by atoms with Crippen molar-refractivity contribution in [3.05, 3.63) is 59.9 Å². The molecule has 24 heavy (non-hydrogen) atoms. The highest BCUT2D eigenvalue weighted by Crippen LogP contribution is 2.29. The van der Waals surface area contributed by atoms with E-state index in [1.807, 2.05) is 49.4 Å². The van der Waals surface area contributed by atoms with Crippen LogP contribution in [0.15, 0.2) is 57.8 Å². The molecule has 0 fully saturated rings. The van der Waals surface area contributed by atoms with Gasteiger partial charge in [-0.2, -0.15) is 0 Å². The van der Waals surface area contributed by atoms with Crippen LogP contribution in [0.3, 0.4) is 0 Å². The summed E-state index contributed by atoms with van der Waals surface area (Å²) in [6.07, 6.45) is 0. The molecule has 2 aromatic carbocycles. The van der Waals surface area contributed by atoms with Crippen molar-refractivity contribution in [3.8, 4) is 0 Å². The van der Waals surface area contributed by atoms with Gasteiger partial charge in [-0.25, -0.2) is 0 Å². The molecule has 2 amide bonds. The number of carbonyl (C=O) groups is 2. The lowest BCUT2D eigenvalue weighted by Gasteiger charge is -2.09. The molecule has 1 aromatic heterocycles. The molecule has 0 saturated carbocycles. The lowest BCUT2D eigenvalue weighted by atomic mass is 10.1. The Kier molecular flexibility index (Phi) is 4.57. The molecule has 1 heterocycles. The van der Waals surface area contributed by atoms with Crippen LogP contribution < -0.4 is 11.1 Å². The third kappa shape index (κ3) is 3.28. The molecule has 0 aliphatic carbocycles. The van der Waals surface area contributed by atoms with Crippen molar-refractivity contribution in [1.82, 2.24) is 0 Å². The summed E-state index contributed by atoms with van der Waals surface area (Å²) in [5.41, 5.74) is 7.28. The first-order valence-corrected chi connectivity index (χ1v) is 8.34. The molecular weight excluding hydrogens is 324 g/mol. The van der Waals surface area contributed by atoms with Crippen LogP contribution in [0.5, 0.6) is 0 Å². The largest absolute Gasteiger partial charge is 0.451 e. The van der Waals surface area contributed by atoms with Crippen molar-refractivity contribution in [1.29, 1.82) is 0 Å². The van der Waals surface area contributed by atoms with Gasteiger partial charge in [-0.1, -0.05) is 30.3 Å². The van der Waals surface area contributed by atoms with Crippen molar-refractivity contribution in [2.24, 2.45) is 5.73 Å². The summed E-state index contributed by atoms with van der Waals surface area (Å²) in [7, 11) is 0. The van der Waals surface area contributed by atoms with Gasteiger partial charge in [0.05, 0.1) is 11.4 Å². The van der Waals surface area contributed by atoms with Gasteiger partial charge in [0, 0.05) is 15.8 Å². The highest BCUT2D eigenvalue weighted by Gasteiger charge is 2.18. The van der Waals surface area contributed by atoms with E-state index in [-0.39, 0.29) is 17.4 Å². The van der Waals surface area contributed by atoms with E-state index in [0.29, 0.717) is 11.3 Å². The Hall–Kier alpha value is -2.73. The maximum atomic E-state index is 12.6. The minimum absolute atomic E-state index is 0.149. The van der Waals surface area contributed by atoms with E-state index in [9.17, 15) is 9.59 Å². The van der Waals surface area contributed by atoms with Gasteiger partial charge < -0.3 is 15.5 Å². The second-order valence-corrected chi connectivity index (χ2v) is 6.27. The molecule has 3 N–H and O–H groups in total. The number of furan rings is 1. The quantitative estimate of drug-likeness (QED) is 0.695. The Labute approximate surface area is 143 Å². The summed E-state index contributed by atoms with van der Waals surface area (Å²) in [6, 6.07) is 14.8. The normalized spacial score (nSPS) is 10.7. The van der Waals surface area contributed by atoms with E-state index in [2.05, 4.69) is 5.32 Å². The number of nitrogens with one attached hydrogen (secondary N) is 1. The molecule has 0 bridgehead atoms. The second-order valence-electron chi connectivity index (χ2n) is 5.26. The fourth-order valence-corrected chi connectivity index (χ4v) is 3.16. The number of para-hydroxylation sites is 2. The zero-order chi connectivity index (χ0) is 17.1. The first-order chi connectivity index (χ1) is 11.6. The number of carbonyl (C=O) groups excluding carboxylic acids is 2. The van der Waals surface area contributed by atoms with Gasteiger partial charge in [-0.15, -0.1) is 11.8 Å². The van der Waals surface area contributed by atoms with Gasteiger partial charge in [0.2, 0.25) is 5.91 Å². The molecule has 0 atom stereocenters. The molecule has 3 rings (SSSR count). The number of primary amides is 1. The summed E-state index contributed by atoms with van der Waals surface area (Å²) in [5, 5.41) is 3.76. The van der Waals surface area contributed by atoms with Crippen LogP contribution in [0.1, 0.15) is 16.1 Å². The van der Waals surface area contributed by atoms with Crippen LogP contribution in [0.25, 0.3) is 11.0 Å². The molecule has 0 unspecified atom stereocenters. The third-order valence-corrected chi connectivity index (χ3v) is 4.65. The van der Waals surface area contributed by atoms with Crippen molar-refractivity contribution in [2.45, 2.75) is 11.8 Å². The Morgan fingerprint density at radius 2 is 1.83 bits per heavy atom. The number of hydrogen-bond acceptors (Lipinski definition) is 4. The van der Waals surface area contributed by atoms with Gasteiger partial charge in [-0.3, -0.25) is 9.59 Å². The van der Waals surface area contributed by atoms with E-state index in [1.54, 1.807) is 6.07 Å². The molecule has 0 spiro atoms. The van der Waals surface area contributed by atoms with Crippen LogP contribution in [0.4, 0.5) is 5.69 Å². The zero-order valence-electron chi connectivity index (χ0n) is 13.0. The van der Waals surface area contributed by atoms with Crippen molar-refractivity contribution >= 4 is 40.2 Å². The van der Waals surface area contributed by atoms with E-state index < -0.39 is 5.91 Å². The van der Waals surface area contributed by atoms with Gasteiger partial charge in [0.25, 0.3) is 5.91 Å². The lowest BCUT2D eigenvalue weighted by molar-refractivity contribution is -0.115. The Morgan fingerprint density at radius 3 is 2.58 bits per heavy atom. The number of benzene rings is 2. The molecule has 122 valence electrons.